The summed E-state index contributed by atoms with van der Waals surface area (Å²) in [5.41, 5.74) is -3.49. The number of rotatable bonds is 7. The van der Waals surface area contributed by atoms with Crippen LogP contribution in [0.1, 0.15) is 51.9 Å². The molecular formula is C25H29F6NO5. The molecule has 0 aromatic rings. The van der Waals surface area contributed by atoms with E-state index in [1.165, 1.54) is 19.1 Å². The van der Waals surface area contributed by atoms with Crippen molar-refractivity contribution >= 4 is 5.97 Å². The summed E-state index contributed by atoms with van der Waals surface area (Å²) in [7, 11) is 1.13. The normalized spacial score (nSPS) is 28.3. The molecule has 0 saturated heterocycles. The Morgan fingerprint density at radius 2 is 1.73 bits per heavy atom. The molecular weight excluding hydrogens is 508 g/mol. The molecule has 6 nitrogen and oxygen atoms in total. The molecule has 0 bridgehead atoms. The molecule has 206 valence electrons. The Kier molecular flexibility index (Phi) is 9.78. The lowest BCUT2D eigenvalue weighted by atomic mass is 9.85. The van der Waals surface area contributed by atoms with Crippen molar-refractivity contribution in [2.24, 2.45) is 5.92 Å². The molecule has 0 heterocycles. The fourth-order valence-corrected chi connectivity index (χ4v) is 4.25. The number of ether oxygens (including phenoxy) is 2. The van der Waals surface area contributed by atoms with Crippen molar-refractivity contribution in [3.05, 3.63) is 69.6 Å². The van der Waals surface area contributed by atoms with E-state index in [2.05, 4.69) is 11.3 Å². The lowest BCUT2D eigenvalue weighted by Crippen LogP contribution is -2.37. The fourth-order valence-electron chi connectivity index (χ4n) is 4.25. The molecule has 37 heavy (non-hydrogen) atoms. The predicted octanol–water partition coefficient (Wildman–Crippen LogP) is 6.93. The molecule has 1 fully saturated rings. The highest BCUT2D eigenvalue weighted by Gasteiger charge is 2.44. The van der Waals surface area contributed by atoms with Gasteiger partial charge >= 0.3 is 18.3 Å². The number of nitro groups is 1. The number of allylic oxidation sites excluding steroid dienone is 6. The number of hydrogen-bond acceptors (Lipinski definition) is 5. The topological polar surface area (TPSA) is 78.7 Å². The van der Waals surface area contributed by atoms with Crippen LogP contribution in [0.5, 0.6) is 0 Å². The molecule has 0 amide bonds. The van der Waals surface area contributed by atoms with E-state index in [4.69, 9.17) is 4.74 Å². The van der Waals surface area contributed by atoms with Gasteiger partial charge in [0.2, 0.25) is 5.54 Å². The maximum Gasteiger partial charge on any atom is 0.420 e. The first-order valence-corrected chi connectivity index (χ1v) is 11.6. The summed E-state index contributed by atoms with van der Waals surface area (Å²) in [5, 5.41) is 11.9. The van der Waals surface area contributed by atoms with Crippen molar-refractivity contribution in [1.29, 1.82) is 0 Å². The number of nitrogens with zero attached hydrogens (tertiary/aromatic N) is 1. The van der Waals surface area contributed by atoms with Crippen LogP contribution in [0.15, 0.2) is 59.4 Å². The average Bonchev–Trinajstić information content (AvgIpc) is 2.80. The Bertz CT molecular complexity index is 1000. The molecule has 0 aliphatic heterocycles. The second kappa shape index (κ2) is 12.0. The highest BCUT2D eigenvalue weighted by atomic mass is 19.4. The van der Waals surface area contributed by atoms with Gasteiger partial charge in [-0.2, -0.15) is 26.3 Å². The highest BCUT2D eigenvalue weighted by molar-refractivity contribution is 5.69. The first-order chi connectivity index (χ1) is 17.1. The number of carbonyl (C=O) groups is 1. The number of methoxy groups -OCH3 is 1. The zero-order valence-corrected chi connectivity index (χ0v) is 20.5. The summed E-state index contributed by atoms with van der Waals surface area (Å²) in [6.45, 7) is 4.73. The zero-order valence-electron chi connectivity index (χ0n) is 20.5. The molecule has 12 heteroatoms. The van der Waals surface area contributed by atoms with Crippen LogP contribution < -0.4 is 0 Å². The Morgan fingerprint density at radius 1 is 1.11 bits per heavy atom. The lowest BCUT2D eigenvalue weighted by Gasteiger charge is -2.31. The van der Waals surface area contributed by atoms with Crippen molar-refractivity contribution in [2.45, 2.75) is 75.9 Å². The van der Waals surface area contributed by atoms with Crippen LogP contribution in [-0.4, -0.2) is 42.0 Å². The summed E-state index contributed by atoms with van der Waals surface area (Å²) < 4.78 is 91.2. The molecule has 1 saturated carbocycles. The van der Waals surface area contributed by atoms with Crippen LogP contribution >= 0.6 is 0 Å². The van der Waals surface area contributed by atoms with Gasteiger partial charge < -0.3 is 9.47 Å². The Labute approximate surface area is 210 Å². The SMILES string of the molecule is C=C1/C=C\C(C(C)(CCC(=O)OC)[N+](=O)[O-])=C/C/C=C\C(O[C@H]2CC[C@@H](C(F)(F)F)CC2)=C/1C(F)(F)F. The molecule has 1 atom stereocenters. The number of hydrogen-bond donors (Lipinski definition) is 0. The fraction of sp³-hybridized carbons (Fsp3) is 0.560. The first-order valence-electron chi connectivity index (χ1n) is 11.6. The number of halogens is 6. The van der Waals surface area contributed by atoms with Gasteiger partial charge in [-0.3, -0.25) is 14.9 Å². The minimum Gasteiger partial charge on any atom is -0.490 e. The van der Waals surface area contributed by atoms with Gasteiger partial charge in [-0.1, -0.05) is 30.9 Å². The molecule has 1 unspecified atom stereocenters. The average molecular weight is 537 g/mol. The van der Waals surface area contributed by atoms with Gasteiger partial charge in [-0.25, -0.2) is 0 Å². The van der Waals surface area contributed by atoms with Crippen molar-refractivity contribution in [1.82, 2.24) is 0 Å². The third-order valence-electron chi connectivity index (χ3n) is 6.56. The summed E-state index contributed by atoms with van der Waals surface area (Å²) in [6.07, 6.45) is -5.30. The summed E-state index contributed by atoms with van der Waals surface area (Å²) in [4.78, 5) is 22.8. The van der Waals surface area contributed by atoms with E-state index in [1.54, 1.807) is 0 Å². The summed E-state index contributed by atoms with van der Waals surface area (Å²) in [6, 6.07) is 0. The second-order valence-electron chi connectivity index (χ2n) is 9.13. The van der Waals surface area contributed by atoms with E-state index in [0.29, 0.717) is 0 Å². The Morgan fingerprint density at radius 3 is 2.24 bits per heavy atom. The standard InChI is InChI=1S/C25H29F6NO5/c1-16-8-9-17(23(2,32(34)35)15-14-21(33)36-3)6-4-5-7-20(22(16)25(29,30)31)37-19-12-10-18(11-13-19)24(26,27)28/h5-9,18-19H,1,4,10-15H2,2-3H3/b7-5-,9-8-,17-6+,22-20-/t18-,19+,23?. The van der Waals surface area contributed by atoms with Crippen molar-refractivity contribution in [3.63, 3.8) is 0 Å². The van der Waals surface area contributed by atoms with Gasteiger partial charge in [-0.15, -0.1) is 0 Å². The molecule has 0 radical (unpaired) electrons. The molecule has 2 aliphatic carbocycles. The van der Waals surface area contributed by atoms with Crippen LogP contribution in [0.3, 0.4) is 0 Å². The van der Waals surface area contributed by atoms with Gasteiger partial charge in [-0.05, 0) is 43.8 Å². The largest absolute Gasteiger partial charge is 0.490 e. The van der Waals surface area contributed by atoms with E-state index in [0.717, 1.165) is 25.3 Å². The van der Waals surface area contributed by atoms with Gasteiger partial charge in [0.25, 0.3) is 0 Å². The van der Waals surface area contributed by atoms with Crippen molar-refractivity contribution < 1.29 is 45.5 Å². The maximum absolute atomic E-state index is 14.1. The smallest absolute Gasteiger partial charge is 0.420 e. The maximum atomic E-state index is 14.1. The number of carbonyl (C=O) groups excluding carboxylic acids is 1. The van der Waals surface area contributed by atoms with Crippen LogP contribution in [-0.2, 0) is 14.3 Å². The first kappa shape index (κ1) is 30.2. The molecule has 0 aromatic heterocycles. The summed E-state index contributed by atoms with van der Waals surface area (Å²) >= 11 is 0. The van der Waals surface area contributed by atoms with Crippen LogP contribution in [0.4, 0.5) is 26.3 Å². The van der Waals surface area contributed by atoms with Crippen LogP contribution in [0.2, 0.25) is 0 Å². The van der Waals surface area contributed by atoms with Gasteiger partial charge in [0.15, 0.2) is 0 Å². The summed E-state index contributed by atoms with van der Waals surface area (Å²) in [5.74, 6) is -2.76. The van der Waals surface area contributed by atoms with Gasteiger partial charge in [0.05, 0.1) is 25.6 Å². The van der Waals surface area contributed by atoms with E-state index >= 15 is 0 Å². The second-order valence-corrected chi connectivity index (χ2v) is 9.13. The van der Waals surface area contributed by atoms with Gasteiger partial charge in [0.1, 0.15) is 11.3 Å². The van der Waals surface area contributed by atoms with Crippen LogP contribution in [0.25, 0.3) is 0 Å². The third-order valence-corrected chi connectivity index (χ3v) is 6.56. The van der Waals surface area contributed by atoms with Crippen molar-refractivity contribution in [3.8, 4) is 0 Å². The minimum absolute atomic E-state index is 0.00733. The Balaban J connectivity index is 2.37. The minimum atomic E-state index is -4.93. The monoisotopic (exact) mass is 537 g/mol. The predicted molar refractivity (Wildman–Crippen MR) is 123 cm³/mol. The number of alkyl halides is 6. The van der Waals surface area contributed by atoms with Gasteiger partial charge in [0, 0.05) is 23.8 Å². The highest BCUT2D eigenvalue weighted by Crippen LogP contribution is 2.41. The molecule has 0 spiro atoms. The van der Waals surface area contributed by atoms with E-state index in [9.17, 15) is 41.3 Å². The van der Waals surface area contributed by atoms with E-state index < -0.39 is 57.7 Å². The zero-order chi connectivity index (χ0) is 28.0. The molecule has 0 aromatic carbocycles. The molecule has 2 aliphatic rings. The van der Waals surface area contributed by atoms with E-state index in [-0.39, 0.29) is 50.5 Å². The lowest BCUT2D eigenvalue weighted by molar-refractivity contribution is -0.553. The third kappa shape index (κ3) is 7.96. The van der Waals surface area contributed by atoms with E-state index in [1.807, 2.05) is 0 Å². The molecule has 2 rings (SSSR count). The van der Waals surface area contributed by atoms with Crippen LogP contribution in [0, 0.1) is 16.0 Å². The Hall–Kier alpha value is -3.05. The molecule has 0 N–H and O–H groups in total. The number of esters is 1. The van der Waals surface area contributed by atoms with Crippen molar-refractivity contribution in [2.75, 3.05) is 7.11 Å². The quantitative estimate of drug-likeness (QED) is 0.152.